The van der Waals surface area contributed by atoms with Gasteiger partial charge in [-0.05, 0) is 47.0 Å². The molecule has 0 spiro atoms. The van der Waals surface area contributed by atoms with E-state index in [-0.39, 0.29) is 37.9 Å². The number of benzene rings is 3. The Labute approximate surface area is 250 Å². The van der Waals surface area contributed by atoms with Crippen molar-refractivity contribution >= 4 is 11.8 Å². The Kier molecular flexibility index (Phi) is 10.6. The summed E-state index contributed by atoms with van der Waals surface area (Å²) >= 11 is 0. The molecule has 1 aliphatic rings. The predicted molar refractivity (Wildman–Crippen MR) is 162 cm³/mol. The van der Waals surface area contributed by atoms with Crippen molar-refractivity contribution in [2.24, 2.45) is 10.1 Å². The lowest BCUT2D eigenvalue weighted by atomic mass is 9.82. The lowest BCUT2D eigenvalue weighted by Gasteiger charge is -2.31. The number of aliphatic hydroxyl groups is 1. The van der Waals surface area contributed by atoms with Crippen LogP contribution in [0.2, 0.25) is 0 Å². The Morgan fingerprint density at radius 1 is 1.14 bits per heavy atom. The summed E-state index contributed by atoms with van der Waals surface area (Å²) < 4.78 is 23.1. The number of ether oxygens (including phenoxy) is 4. The summed E-state index contributed by atoms with van der Waals surface area (Å²) in [6.45, 7) is 4.58. The fourth-order valence-corrected chi connectivity index (χ4v) is 4.98. The highest BCUT2D eigenvalue weighted by molar-refractivity contribution is 6.01. The topological polar surface area (TPSA) is 147 Å². The Hall–Kier alpha value is -4.99. The van der Waals surface area contributed by atoms with E-state index >= 15 is 0 Å². The molecule has 0 saturated carbocycles. The maximum absolute atomic E-state index is 14.2. The van der Waals surface area contributed by atoms with Crippen LogP contribution in [0, 0.1) is 0 Å². The summed E-state index contributed by atoms with van der Waals surface area (Å²) in [6, 6.07) is 20.0. The van der Waals surface area contributed by atoms with Crippen molar-refractivity contribution < 1.29 is 28.8 Å². The molecular weight excluding hydrogens is 550 g/mol. The minimum absolute atomic E-state index is 0.0450. The maximum atomic E-state index is 14.2. The third-order valence-corrected chi connectivity index (χ3v) is 7.05. The molecule has 0 aromatic heterocycles. The molecule has 1 aliphatic heterocycles. The zero-order valence-electron chi connectivity index (χ0n) is 24.2. The van der Waals surface area contributed by atoms with Crippen LogP contribution in [0.5, 0.6) is 17.2 Å². The SMILES string of the molecule is C=CC[C@@]1(C(=O)NCc2cccc(OC)c2OC)N=C(c2ccc(OCCCO)cc2)O[C@@H]1c1ccccc1CN=[N+]=[N-]. The number of hydrogen-bond donors (Lipinski definition) is 2. The third-order valence-electron chi connectivity index (χ3n) is 7.05. The molecule has 11 heteroatoms. The number of methoxy groups -OCH3 is 2. The zero-order valence-corrected chi connectivity index (χ0v) is 24.2. The van der Waals surface area contributed by atoms with Crippen LogP contribution >= 0.6 is 0 Å². The second kappa shape index (κ2) is 14.8. The van der Waals surface area contributed by atoms with Crippen LogP contribution < -0.4 is 19.5 Å². The monoisotopic (exact) mass is 585 g/mol. The number of nitrogens with one attached hydrogen (secondary N) is 1. The molecule has 0 aliphatic carbocycles. The van der Waals surface area contributed by atoms with Crippen molar-refractivity contribution in [1.82, 2.24) is 5.32 Å². The minimum atomic E-state index is -1.42. The van der Waals surface area contributed by atoms with Gasteiger partial charge in [-0.1, -0.05) is 47.6 Å². The molecule has 1 heterocycles. The molecule has 43 heavy (non-hydrogen) atoms. The fraction of sp³-hybridized carbons (Fsp3) is 0.312. The van der Waals surface area contributed by atoms with Crippen LogP contribution in [0.1, 0.15) is 41.2 Å². The highest BCUT2D eigenvalue weighted by Crippen LogP contribution is 2.44. The first-order valence-electron chi connectivity index (χ1n) is 13.8. The maximum Gasteiger partial charge on any atom is 0.252 e. The molecule has 0 radical (unpaired) electrons. The molecule has 0 bridgehead atoms. The summed E-state index contributed by atoms with van der Waals surface area (Å²) in [5, 5.41) is 15.8. The van der Waals surface area contributed by atoms with E-state index in [1.54, 1.807) is 50.6 Å². The van der Waals surface area contributed by atoms with Gasteiger partial charge in [-0.2, -0.15) is 0 Å². The van der Waals surface area contributed by atoms with Crippen molar-refractivity contribution in [3.63, 3.8) is 0 Å². The molecule has 2 N–H and O–H groups in total. The normalized spacial score (nSPS) is 17.2. The highest BCUT2D eigenvalue weighted by Gasteiger charge is 2.53. The first-order chi connectivity index (χ1) is 21.0. The summed E-state index contributed by atoms with van der Waals surface area (Å²) in [7, 11) is 3.10. The summed E-state index contributed by atoms with van der Waals surface area (Å²) in [4.78, 5) is 22.1. The summed E-state index contributed by atoms with van der Waals surface area (Å²) in [5.74, 6) is 1.61. The molecule has 0 unspecified atom stereocenters. The molecule has 0 saturated heterocycles. The van der Waals surface area contributed by atoms with Gasteiger partial charge in [-0.15, -0.1) is 6.58 Å². The lowest BCUT2D eigenvalue weighted by Crippen LogP contribution is -2.48. The first kappa shape index (κ1) is 31.0. The average Bonchev–Trinajstić information content (AvgIpc) is 3.43. The van der Waals surface area contributed by atoms with E-state index in [1.165, 1.54) is 0 Å². The molecule has 4 rings (SSSR count). The van der Waals surface area contributed by atoms with E-state index in [0.29, 0.717) is 47.0 Å². The van der Waals surface area contributed by atoms with E-state index in [4.69, 9.17) is 34.6 Å². The molecule has 2 atom stereocenters. The van der Waals surface area contributed by atoms with Crippen LogP contribution in [0.4, 0.5) is 0 Å². The third kappa shape index (κ3) is 6.91. The molecule has 11 nitrogen and oxygen atoms in total. The Bertz CT molecular complexity index is 1500. The van der Waals surface area contributed by atoms with Gasteiger partial charge in [0.15, 0.2) is 23.1 Å². The predicted octanol–water partition coefficient (Wildman–Crippen LogP) is 5.42. The van der Waals surface area contributed by atoms with E-state index in [1.807, 2.05) is 36.4 Å². The lowest BCUT2D eigenvalue weighted by molar-refractivity contribution is -0.129. The van der Waals surface area contributed by atoms with Crippen molar-refractivity contribution in [2.45, 2.75) is 37.6 Å². The standard InChI is InChI=1S/C32H35N5O6/c1-4-17-32(31(39)34-20-24-10-7-12-27(40-2)28(24)41-3)29(26-11-6-5-9-23(26)21-35-37-33)43-30(36-32)22-13-15-25(16-14-22)42-19-8-18-38/h4-7,9-16,29,38H,1,8,17-21H2,2-3H3,(H,34,39)/t29-,32-/m1/s1. The molecule has 224 valence electrons. The van der Waals surface area contributed by atoms with Crippen molar-refractivity contribution in [3.8, 4) is 17.2 Å². The molecular formula is C32H35N5O6. The number of nitrogens with zero attached hydrogens (tertiary/aromatic N) is 4. The number of hydrogen-bond acceptors (Lipinski definition) is 8. The number of aliphatic hydroxyl groups excluding tert-OH is 1. The van der Waals surface area contributed by atoms with Crippen LogP contribution in [0.15, 0.2) is 89.5 Å². The van der Waals surface area contributed by atoms with Gasteiger partial charge in [0.1, 0.15) is 5.75 Å². The van der Waals surface area contributed by atoms with Gasteiger partial charge in [0.05, 0.1) is 27.4 Å². The van der Waals surface area contributed by atoms with E-state index in [2.05, 4.69) is 21.9 Å². The molecule has 3 aromatic carbocycles. The van der Waals surface area contributed by atoms with Crippen LogP contribution in [-0.2, 0) is 22.6 Å². The number of azide groups is 1. The Morgan fingerprint density at radius 3 is 2.60 bits per heavy atom. The minimum Gasteiger partial charge on any atom is -0.494 e. The number of amides is 1. The van der Waals surface area contributed by atoms with Crippen molar-refractivity contribution in [3.05, 3.63) is 112 Å². The highest BCUT2D eigenvalue weighted by atomic mass is 16.5. The van der Waals surface area contributed by atoms with Crippen LogP contribution in [0.25, 0.3) is 10.4 Å². The number of para-hydroxylation sites is 1. The van der Waals surface area contributed by atoms with Gasteiger partial charge in [0.2, 0.25) is 5.90 Å². The number of carbonyl (C=O) groups is 1. The number of rotatable bonds is 15. The molecule has 1 amide bonds. The van der Waals surface area contributed by atoms with E-state index in [0.717, 1.165) is 5.56 Å². The van der Waals surface area contributed by atoms with Gasteiger partial charge in [0, 0.05) is 42.0 Å². The van der Waals surface area contributed by atoms with Crippen LogP contribution in [0.3, 0.4) is 0 Å². The molecule has 0 fully saturated rings. The van der Waals surface area contributed by atoms with Crippen LogP contribution in [-0.4, -0.2) is 49.9 Å². The molecule has 3 aromatic rings. The second-order valence-electron chi connectivity index (χ2n) is 9.71. The van der Waals surface area contributed by atoms with E-state index < -0.39 is 11.6 Å². The van der Waals surface area contributed by atoms with Gasteiger partial charge >= 0.3 is 0 Å². The summed E-state index contributed by atoms with van der Waals surface area (Å²) in [6.07, 6.45) is 1.48. The smallest absolute Gasteiger partial charge is 0.252 e. The fourth-order valence-electron chi connectivity index (χ4n) is 4.98. The Morgan fingerprint density at radius 2 is 1.91 bits per heavy atom. The van der Waals surface area contributed by atoms with Gasteiger partial charge < -0.3 is 29.4 Å². The largest absolute Gasteiger partial charge is 0.494 e. The van der Waals surface area contributed by atoms with Gasteiger partial charge in [-0.3, -0.25) is 4.79 Å². The van der Waals surface area contributed by atoms with E-state index in [9.17, 15) is 4.79 Å². The first-order valence-corrected chi connectivity index (χ1v) is 13.8. The van der Waals surface area contributed by atoms with Crippen molar-refractivity contribution in [2.75, 3.05) is 27.4 Å². The van der Waals surface area contributed by atoms with Gasteiger partial charge in [0.25, 0.3) is 5.91 Å². The zero-order chi connectivity index (χ0) is 30.7. The number of carbonyl (C=O) groups excluding carboxylic acids is 1. The quantitative estimate of drug-likeness (QED) is 0.0800. The number of aliphatic imine (C=N–C) groups is 1. The van der Waals surface area contributed by atoms with Gasteiger partial charge in [-0.25, -0.2) is 4.99 Å². The Balaban J connectivity index is 1.74. The van der Waals surface area contributed by atoms with Crippen molar-refractivity contribution in [1.29, 1.82) is 0 Å². The average molecular weight is 586 g/mol. The second-order valence-corrected chi connectivity index (χ2v) is 9.71. The summed E-state index contributed by atoms with van der Waals surface area (Å²) in [5.41, 5.74) is 10.3.